The Balaban J connectivity index is 1.78. The highest BCUT2D eigenvalue weighted by Crippen LogP contribution is 2.46. The molecule has 2 aromatic heterocycles. The van der Waals surface area contributed by atoms with Gasteiger partial charge in [0, 0.05) is 27.8 Å². The topological polar surface area (TPSA) is 86.3 Å². The van der Waals surface area contributed by atoms with E-state index in [4.69, 9.17) is 0 Å². The standard InChI is InChI=1S/C27H25N3O3S/c1-13-10-11-18(12-14(13)2)30-23(21-15(3)29-20-9-7-6-8-19(20)21)22(25(32)27(30)33)24(31)26-16(4)28-17(5)34-26/h6-12,23,29,32H,1-5H3. The van der Waals surface area contributed by atoms with Crippen LogP contribution in [0.2, 0.25) is 0 Å². The number of carbonyl (C=O) groups excluding carboxylic acids is 2. The number of Topliss-reactive ketones (excluding diaryl/α,β-unsaturated/α-hetero) is 1. The fraction of sp³-hybridized carbons (Fsp3) is 0.222. The number of aryl methyl sites for hydroxylation is 5. The van der Waals surface area contributed by atoms with E-state index in [1.807, 2.05) is 70.2 Å². The average Bonchev–Trinajstić information content (AvgIpc) is 3.39. The monoisotopic (exact) mass is 471 g/mol. The molecule has 0 saturated heterocycles. The Kier molecular flexibility index (Phi) is 5.17. The Morgan fingerprint density at radius 3 is 2.47 bits per heavy atom. The molecule has 0 spiro atoms. The van der Waals surface area contributed by atoms with E-state index in [2.05, 4.69) is 9.97 Å². The SMILES string of the molecule is Cc1nc(C)c(C(=O)C2=C(O)C(=O)N(c3ccc(C)c(C)c3)C2c2c(C)[nH]c3ccccc23)s1. The van der Waals surface area contributed by atoms with Crippen molar-refractivity contribution < 1.29 is 14.7 Å². The minimum atomic E-state index is -0.778. The number of ketones is 1. The third-order valence-electron chi connectivity index (χ3n) is 6.55. The fourth-order valence-corrected chi connectivity index (χ4v) is 5.64. The molecule has 0 fully saturated rings. The van der Waals surface area contributed by atoms with Gasteiger partial charge in [-0.2, -0.15) is 0 Å². The van der Waals surface area contributed by atoms with Gasteiger partial charge in [-0.05, 0) is 63.9 Å². The lowest BCUT2D eigenvalue weighted by molar-refractivity contribution is -0.117. The second-order valence-electron chi connectivity index (χ2n) is 8.79. The van der Waals surface area contributed by atoms with Gasteiger partial charge in [0.05, 0.1) is 27.2 Å². The number of rotatable bonds is 4. The van der Waals surface area contributed by atoms with Crippen molar-refractivity contribution in [3.8, 4) is 0 Å². The molecule has 1 amide bonds. The van der Waals surface area contributed by atoms with Crippen molar-refractivity contribution in [1.82, 2.24) is 9.97 Å². The number of hydrogen-bond acceptors (Lipinski definition) is 5. The molecule has 34 heavy (non-hydrogen) atoms. The number of H-pyrrole nitrogens is 1. The molecule has 6 nitrogen and oxygen atoms in total. The zero-order valence-corrected chi connectivity index (χ0v) is 20.5. The number of aliphatic hydroxyl groups is 1. The number of benzene rings is 2. The van der Waals surface area contributed by atoms with Crippen LogP contribution < -0.4 is 4.90 Å². The van der Waals surface area contributed by atoms with Crippen molar-refractivity contribution in [1.29, 1.82) is 0 Å². The van der Waals surface area contributed by atoms with Crippen molar-refractivity contribution in [3.63, 3.8) is 0 Å². The number of fused-ring (bicyclic) bond motifs is 1. The molecule has 2 aromatic carbocycles. The minimum Gasteiger partial charge on any atom is -0.503 e. The highest BCUT2D eigenvalue weighted by molar-refractivity contribution is 7.14. The normalized spacial score (nSPS) is 16.2. The second-order valence-corrected chi connectivity index (χ2v) is 10.00. The number of carbonyl (C=O) groups is 2. The van der Waals surface area contributed by atoms with Crippen molar-refractivity contribution in [2.45, 2.75) is 40.7 Å². The van der Waals surface area contributed by atoms with Crippen LogP contribution in [0.4, 0.5) is 5.69 Å². The smallest absolute Gasteiger partial charge is 0.294 e. The van der Waals surface area contributed by atoms with Gasteiger partial charge in [-0.3, -0.25) is 14.5 Å². The molecule has 4 aromatic rings. The van der Waals surface area contributed by atoms with E-state index >= 15 is 0 Å². The zero-order chi connectivity index (χ0) is 24.3. The predicted molar refractivity (Wildman–Crippen MR) is 135 cm³/mol. The predicted octanol–water partition coefficient (Wildman–Crippen LogP) is 5.95. The molecule has 172 valence electrons. The molecule has 1 atom stereocenters. The van der Waals surface area contributed by atoms with E-state index in [1.165, 1.54) is 11.3 Å². The summed E-state index contributed by atoms with van der Waals surface area (Å²) in [5, 5.41) is 12.8. The quantitative estimate of drug-likeness (QED) is 0.360. The van der Waals surface area contributed by atoms with Gasteiger partial charge in [0.25, 0.3) is 5.91 Å². The lowest BCUT2D eigenvalue weighted by atomic mass is 9.92. The molecule has 3 heterocycles. The highest BCUT2D eigenvalue weighted by Gasteiger charge is 2.46. The third kappa shape index (κ3) is 3.27. The van der Waals surface area contributed by atoms with Crippen LogP contribution in [0.3, 0.4) is 0 Å². The summed E-state index contributed by atoms with van der Waals surface area (Å²) in [6.45, 7) is 9.53. The van der Waals surface area contributed by atoms with E-state index in [1.54, 1.807) is 11.8 Å². The molecule has 7 heteroatoms. The summed E-state index contributed by atoms with van der Waals surface area (Å²) in [5.74, 6) is -1.46. The molecule has 0 aliphatic carbocycles. The van der Waals surface area contributed by atoms with Crippen LogP contribution >= 0.6 is 11.3 Å². The maximum Gasteiger partial charge on any atom is 0.294 e. The van der Waals surface area contributed by atoms with Crippen LogP contribution in [0.25, 0.3) is 10.9 Å². The molecule has 1 aliphatic heterocycles. The van der Waals surface area contributed by atoms with Crippen molar-refractivity contribution in [3.05, 3.63) is 91.8 Å². The first kappa shape index (κ1) is 22.1. The number of amides is 1. The molecule has 2 N–H and O–H groups in total. The number of nitrogens with one attached hydrogen (secondary N) is 1. The molecule has 0 radical (unpaired) electrons. The first-order valence-corrected chi connectivity index (χ1v) is 11.9. The first-order chi connectivity index (χ1) is 16.2. The van der Waals surface area contributed by atoms with Gasteiger partial charge in [-0.25, -0.2) is 4.98 Å². The van der Waals surface area contributed by atoms with Crippen LogP contribution in [0, 0.1) is 34.6 Å². The molecular weight excluding hydrogens is 446 g/mol. The molecule has 0 bridgehead atoms. The maximum absolute atomic E-state index is 13.9. The number of aromatic amines is 1. The van der Waals surface area contributed by atoms with E-state index < -0.39 is 17.7 Å². The molecule has 1 unspecified atom stereocenters. The lowest BCUT2D eigenvalue weighted by Gasteiger charge is -2.27. The number of aromatic nitrogens is 2. The Morgan fingerprint density at radius 1 is 1.06 bits per heavy atom. The number of para-hydroxylation sites is 1. The number of anilines is 1. The summed E-state index contributed by atoms with van der Waals surface area (Å²) in [4.78, 5) is 37.1. The summed E-state index contributed by atoms with van der Waals surface area (Å²) in [6, 6.07) is 12.8. The molecule has 1 aliphatic rings. The van der Waals surface area contributed by atoms with Crippen molar-refractivity contribution in [2.75, 3.05) is 4.90 Å². The Labute approximate surface area is 201 Å². The summed E-state index contributed by atoms with van der Waals surface area (Å²) in [7, 11) is 0. The van der Waals surface area contributed by atoms with Crippen LogP contribution in [-0.2, 0) is 4.79 Å². The highest BCUT2D eigenvalue weighted by atomic mass is 32.1. The van der Waals surface area contributed by atoms with Gasteiger partial charge >= 0.3 is 0 Å². The third-order valence-corrected chi connectivity index (χ3v) is 7.62. The van der Waals surface area contributed by atoms with Gasteiger partial charge in [-0.15, -0.1) is 11.3 Å². The molecule has 0 saturated carbocycles. The average molecular weight is 472 g/mol. The lowest BCUT2D eigenvalue weighted by Crippen LogP contribution is -2.31. The van der Waals surface area contributed by atoms with Crippen LogP contribution in [0.1, 0.15) is 48.8 Å². The minimum absolute atomic E-state index is 0.0860. The van der Waals surface area contributed by atoms with E-state index in [0.717, 1.165) is 38.3 Å². The Bertz CT molecular complexity index is 1530. The fourth-order valence-electron chi connectivity index (χ4n) is 4.77. The number of thiazole rings is 1. The van der Waals surface area contributed by atoms with Gasteiger partial charge < -0.3 is 10.1 Å². The van der Waals surface area contributed by atoms with Crippen molar-refractivity contribution >= 4 is 39.6 Å². The van der Waals surface area contributed by atoms with Gasteiger partial charge in [0.1, 0.15) is 0 Å². The summed E-state index contributed by atoms with van der Waals surface area (Å²) < 4.78 is 0. The largest absolute Gasteiger partial charge is 0.503 e. The summed E-state index contributed by atoms with van der Waals surface area (Å²) >= 11 is 1.28. The van der Waals surface area contributed by atoms with Crippen LogP contribution in [0.5, 0.6) is 0 Å². The van der Waals surface area contributed by atoms with Crippen LogP contribution in [0.15, 0.2) is 53.8 Å². The van der Waals surface area contributed by atoms with E-state index in [9.17, 15) is 14.7 Å². The van der Waals surface area contributed by atoms with Gasteiger partial charge in [0.15, 0.2) is 5.76 Å². The number of aliphatic hydroxyl groups excluding tert-OH is 1. The number of nitrogens with zero attached hydrogens (tertiary/aromatic N) is 2. The Hall–Kier alpha value is -3.71. The van der Waals surface area contributed by atoms with Gasteiger partial charge in [0.2, 0.25) is 5.78 Å². The van der Waals surface area contributed by atoms with Crippen molar-refractivity contribution in [2.24, 2.45) is 0 Å². The van der Waals surface area contributed by atoms with E-state index in [0.29, 0.717) is 16.3 Å². The van der Waals surface area contributed by atoms with Crippen LogP contribution in [-0.4, -0.2) is 26.8 Å². The maximum atomic E-state index is 13.9. The zero-order valence-electron chi connectivity index (χ0n) is 19.7. The first-order valence-electron chi connectivity index (χ1n) is 11.1. The second kappa shape index (κ2) is 7.95. The van der Waals surface area contributed by atoms with Gasteiger partial charge in [-0.1, -0.05) is 24.3 Å². The Morgan fingerprint density at radius 2 is 1.79 bits per heavy atom. The summed E-state index contributed by atoms with van der Waals surface area (Å²) in [6.07, 6.45) is 0. The number of hydrogen-bond donors (Lipinski definition) is 2. The van der Waals surface area contributed by atoms with E-state index in [-0.39, 0.29) is 11.4 Å². The molecule has 5 rings (SSSR count). The summed E-state index contributed by atoms with van der Waals surface area (Å²) in [5.41, 5.74) is 5.98. The molecular formula is C27H25N3O3S.